The number of imidazole rings is 1. The van der Waals surface area contributed by atoms with E-state index in [0.717, 1.165) is 34.7 Å². The van der Waals surface area contributed by atoms with E-state index in [0.29, 0.717) is 6.61 Å². The van der Waals surface area contributed by atoms with Crippen LogP contribution in [0.5, 0.6) is 5.75 Å². The summed E-state index contributed by atoms with van der Waals surface area (Å²) in [6, 6.07) is 6.05. The van der Waals surface area contributed by atoms with Gasteiger partial charge in [0.25, 0.3) is 0 Å². The molecule has 19 heavy (non-hydrogen) atoms. The highest BCUT2D eigenvalue weighted by Gasteiger charge is 2.06. The first kappa shape index (κ1) is 14.1. The molecule has 2 rings (SSSR count). The third kappa shape index (κ3) is 3.81. The molecule has 4 nitrogen and oxygen atoms in total. The van der Waals surface area contributed by atoms with Crippen LogP contribution in [-0.2, 0) is 20.2 Å². The summed E-state index contributed by atoms with van der Waals surface area (Å²) in [5.74, 6) is 1.81. The second kappa shape index (κ2) is 6.73. The van der Waals surface area contributed by atoms with Crippen LogP contribution < -0.4 is 10.1 Å². The van der Waals surface area contributed by atoms with E-state index in [1.54, 1.807) is 6.20 Å². The number of nitrogens with zero attached hydrogens (tertiary/aromatic N) is 2. The lowest BCUT2D eigenvalue weighted by molar-refractivity contribution is 0.288. The van der Waals surface area contributed by atoms with Crippen molar-refractivity contribution in [1.29, 1.82) is 0 Å². The van der Waals surface area contributed by atoms with Crippen molar-refractivity contribution < 1.29 is 4.74 Å². The van der Waals surface area contributed by atoms with Crippen LogP contribution in [0.3, 0.4) is 0 Å². The molecule has 1 aromatic heterocycles. The lowest BCUT2D eigenvalue weighted by Crippen LogP contribution is -2.13. The van der Waals surface area contributed by atoms with Gasteiger partial charge in [-0.1, -0.05) is 22.9 Å². The molecule has 2 aromatic rings. The fourth-order valence-electron chi connectivity index (χ4n) is 1.76. The second-order valence-electron chi connectivity index (χ2n) is 4.28. The third-order valence-electron chi connectivity index (χ3n) is 2.87. The van der Waals surface area contributed by atoms with Crippen LogP contribution in [0.15, 0.2) is 35.1 Å². The first-order valence-electron chi connectivity index (χ1n) is 6.29. The van der Waals surface area contributed by atoms with E-state index in [-0.39, 0.29) is 0 Å². The minimum atomic E-state index is 0.476. The zero-order valence-corrected chi connectivity index (χ0v) is 12.8. The summed E-state index contributed by atoms with van der Waals surface area (Å²) in [4.78, 5) is 4.25. The number of aromatic nitrogens is 2. The standard InChI is InChI=1S/C14H18BrN3O/c1-3-16-9-11-8-12(15)4-5-13(11)19-10-14-17-6-7-18(14)2/h4-8,16H,3,9-10H2,1-2H3. The average molecular weight is 324 g/mol. The fraction of sp³-hybridized carbons (Fsp3) is 0.357. The topological polar surface area (TPSA) is 39.1 Å². The first-order chi connectivity index (χ1) is 9.20. The monoisotopic (exact) mass is 323 g/mol. The molecule has 0 radical (unpaired) electrons. The van der Waals surface area contributed by atoms with Gasteiger partial charge in [-0.3, -0.25) is 0 Å². The lowest BCUT2D eigenvalue weighted by atomic mass is 10.2. The summed E-state index contributed by atoms with van der Waals surface area (Å²) in [6.45, 7) is 4.30. The van der Waals surface area contributed by atoms with E-state index < -0.39 is 0 Å². The van der Waals surface area contributed by atoms with Crippen molar-refractivity contribution >= 4 is 15.9 Å². The summed E-state index contributed by atoms with van der Waals surface area (Å²) in [7, 11) is 1.97. The Bertz CT molecular complexity index is 539. The van der Waals surface area contributed by atoms with Gasteiger partial charge in [-0.25, -0.2) is 4.98 Å². The summed E-state index contributed by atoms with van der Waals surface area (Å²) >= 11 is 3.49. The summed E-state index contributed by atoms with van der Waals surface area (Å²) < 4.78 is 8.89. The number of halogens is 1. The highest BCUT2D eigenvalue weighted by Crippen LogP contribution is 2.24. The number of aryl methyl sites for hydroxylation is 1. The highest BCUT2D eigenvalue weighted by molar-refractivity contribution is 9.10. The van der Waals surface area contributed by atoms with Gasteiger partial charge in [0.1, 0.15) is 18.2 Å². The third-order valence-corrected chi connectivity index (χ3v) is 3.36. The zero-order valence-electron chi connectivity index (χ0n) is 11.2. The molecule has 0 spiro atoms. The molecule has 0 atom stereocenters. The van der Waals surface area contributed by atoms with E-state index in [1.165, 1.54) is 0 Å². The minimum Gasteiger partial charge on any atom is -0.485 e. The molecule has 0 unspecified atom stereocenters. The van der Waals surface area contributed by atoms with Gasteiger partial charge in [0.2, 0.25) is 0 Å². The quantitative estimate of drug-likeness (QED) is 0.888. The van der Waals surface area contributed by atoms with E-state index in [2.05, 4.69) is 39.2 Å². The van der Waals surface area contributed by atoms with Crippen molar-refractivity contribution in [1.82, 2.24) is 14.9 Å². The van der Waals surface area contributed by atoms with E-state index in [1.807, 2.05) is 29.9 Å². The summed E-state index contributed by atoms with van der Waals surface area (Å²) in [5.41, 5.74) is 1.14. The summed E-state index contributed by atoms with van der Waals surface area (Å²) in [5, 5.41) is 3.32. The Balaban J connectivity index is 2.08. The van der Waals surface area contributed by atoms with Crippen LogP contribution in [-0.4, -0.2) is 16.1 Å². The molecule has 1 N–H and O–H groups in total. The average Bonchev–Trinajstić information content (AvgIpc) is 2.81. The number of benzene rings is 1. The van der Waals surface area contributed by atoms with Crippen molar-refractivity contribution in [2.24, 2.45) is 7.05 Å². The van der Waals surface area contributed by atoms with Crippen LogP contribution >= 0.6 is 15.9 Å². The Labute approximate surface area is 121 Å². The minimum absolute atomic E-state index is 0.476. The van der Waals surface area contributed by atoms with Crippen LogP contribution in [0.1, 0.15) is 18.3 Å². The van der Waals surface area contributed by atoms with Gasteiger partial charge < -0.3 is 14.6 Å². The Morgan fingerprint density at radius 3 is 2.95 bits per heavy atom. The highest BCUT2D eigenvalue weighted by atomic mass is 79.9. The molecule has 0 aliphatic carbocycles. The molecule has 0 saturated heterocycles. The van der Waals surface area contributed by atoms with Crippen molar-refractivity contribution in [2.75, 3.05) is 6.54 Å². The number of ether oxygens (including phenoxy) is 1. The molecule has 0 aliphatic rings. The Morgan fingerprint density at radius 1 is 1.42 bits per heavy atom. The molecular formula is C14H18BrN3O. The first-order valence-corrected chi connectivity index (χ1v) is 7.08. The van der Waals surface area contributed by atoms with Crippen molar-refractivity contribution in [3.63, 3.8) is 0 Å². The lowest BCUT2D eigenvalue weighted by Gasteiger charge is -2.12. The predicted octanol–water partition coefficient (Wildman–Crippen LogP) is 2.87. The van der Waals surface area contributed by atoms with Crippen molar-refractivity contribution in [2.45, 2.75) is 20.1 Å². The Kier molecular flexibility index (Phi) is 4.99. The van der Waals surface area contributed by atoms with E-state index in [9.17, 15) is 0 Å². The predicted molar refractivity (Wildman–Crippen MR) is 79.1 cm³/mol. The Morgan fingerprint density at radius 2 is 2.26 bits per heavy atom. The molecule has 0 amide bonds. The van der Waals surface area contributed by atoms with Gasteiger partial charge in [-0.05, 0) is 24.7 Å². The Hall–Kier alpha value is -1.33. The van der Waals surface area contributed by atoms with Gasteiger partial charge in [0, 0.05) is 36.0 Å². The fourth-order valence-corrected chi connectivity index (χ4v) is 2.17. The number of hydrogen-bond acceptors (Lipinski definition) is 3. The van der Waals surface area contributed by atoms with Gasteiger partial charge >= 0.3 is 0 Å². The molecule has 0 bridgehead atoms. The molecule has 0 saturated carbocycles. The van der Waals surface area contributed by atoms with Gasteiger partial charge in [-0.15, -0.1) is 0 Å². The smallest absolute Gasteiger partial charge is 0.146 e. The van der Waals surface area contributed by atoms with Crippen LogP contribution in [0.4, 0.5) is 0 Å². The normalized spacial score (nSPS) is 10.7. The summed E-state index contributed by atoms with van der Waals surface area (Å²) in [6.07, 6.45) is 3.69. The van der Waals surface area contributed by atoms with Gasteiger partial charge in [0.15, 0.2) is 0 Å². The van der Waals surface area contributed by atoms with Crippen LogP contribution in [0, 0.1) is 0 Å². The van der Waals surface area contributed by atoms with Gasteiger partial charge in [-0.2, -0.15) is 0 Å². The molecule has 1 heterocycles. The molecule has 5 heteroatoms. The number of rotatable bonds is 6. The maximum Gasteiger partial charge on any atom is 0.146 e. The largest absolute Gasteiger partial charge is 0.485 e. The molecule has 0 fully saturated rings. The van der Waals surface area contributed by atoms with Crippen LogP contribution in [0.2, 0.25) is 0 Å². The van der Waals surface area contributed by atoms with Gasteiger partial charge in [0.05, 0.1) is 0 Å². The number of nitrogens with one attached hydrogen (secondary N) is 1. The maximum absolute atomic E-state index is 5.87. The molecule has 0 aliphatic heterocycles. The molecular weight excluding hydrogens is 306 g/mol. The van der Waals surface area contributed by atoms with E-state index >= 15 is 0 Å². The molecule has 1 aromatic carbocycles. The molecule has 102 valence electrons. The van der Waals surface area contributed by atoms with Crippen molar-refractivity contribution in [3.8, 4) is 5.75 Å². The zero-order chi connectivity index (χ0) is 13.7. The SMILES string of the molecule is CCNCc1cc(Br)ccc1OCc1nccn1C. The second-order valence-corrected chi connectivity index (χ2v) is 5.19. The number of hydrogen-bond donors (Lipinski definition) is 1. The maximum atomic E-state index is 5.87. The van der Waals surface area contributed by atoms with E-state index in [4.69, 9.17) is 4.74 Å². The van der Waals surface area contributed by atoms with Crippen LogP contribution in [0.25, 0.3) is 0 Å². The van der Waals surface area contributed by atoms with Crippen molar-refractivity contribution in [3.05, 3.63) is 46.5 Å².